The number of rotatable bonds is 8. The molecule has 1 amide bonds. The topological polar surface area (TPSA) is 92.3 Å². The molecule has 0 fully saturated rings. The third-order valence-corrected chi connectivity index (χ3v) is 6.70. The van der Waals surface area contributed by atoms with Crippen LogP contribution in [0.2, 0.25) is 0 Å². The summed E-state index contributed by atoms with van der Waals surface area (Å²) in [5, 5.41) is 11.4. The molecule has 0 spiro atoms. The third-order valence-electron chi connectivity index (χ3n) is 3.59. The lowest BCUT2D eigenvalue weighted by molar-refractivity contribution is -0.117. The Labute approximate surface area is 168 Å². The first-order chi connectivity index (χ1) is 12.6. The zero-order valence-corrected chi connectivity index (χ0v) is 18.4. The maximum absolute atomic E-state index is 12.8. The van der Waals surface area contributed by atoms with Crippen LogP contribution in [-0.2, 0) is 14.8 Å². The number of nitrogens with zero attached hydrogens (tertiary/aromatic N) is 3. The van der Waals surface area contributed by atoms with Crippen molar-refractivity contribution in [3.63, 3.8) is 0 Å². The van der Waals surface area contributed by atoms with Crippen molar-refractivity contribution in [3.05, 3.63) is 29.8 Å². The number of hydrogen-bond acceptors (Lipinski definition) is 7. The fourth-order valence-electron chi connectivity index (χ4n) is 2.45. The fraction of sp³-hybridized carbons (Fsp3) is 0.471. The average Bonchev–Trinajstić information content (AvgIpc) is 2.98. The maximum Gasteiger partial charge on any atom is 0.250 e. The van der Waals surface area contributed by atoms with Crippen LogP contribution in [0.1, 0.15) is 32.8 Å². The SMILES string of the molecule is CC[C@H](C(=O)Nc1nnc(SC(C)C)s1)N(c1ccc(C)cc1)S(C)(=O)=O. The Morgan fingerprint density at radius 3 is 2.41 bits per heavy atom. The van der Waals surface area contributed by atoms with Gasteiger partial charge in [-0.25, -0.2) is 8.42 Å². The summed E-state index contributed by atoms with van der Waals surface area (Å²) < 4.78 is 26.7. The molecule has 0 unspecified atom stereocenters. The van der Waals surface area contributed by atoms with Crippen molar-refractivity contribution < 1.29 is 13.2 Å². The maximum atomic E-state index is 12.8. The van der Waals surface area contributed by atoms with Gasteiger partial charge < -0.3 is 0 Å². The van der Waals surface area contributed by atoms with Crippen LogP contribution in [0.4, 0.5) is 10.8 Å². The molecule has 0 saturated heterocycles. The first kappa shape index (κ1) is 21.6. The Bertz CT molecular complexity index is 879. The molecule has 1 aromatic heterocycles. The number of sulfonamides is 1. The highest BCUT2D eigenvalue weighted by atomic mass is 32.2. The van der Waals surface area contributed by atoms with E-state index in [1.165, 1.54) is 11.3 Å². The zero-order valence-electron chi connectivity index (χ0n) is 16.0. The third kappa shape index (κ3) is 5.91. The normalized spacial score (nSPS) is 12.8. The zero-order chi connectivity index (χ0) is 20.2. The van der Waals surface area contributed by atoms with Crippen molar-refractivity contribution >= 4 is 49.8 Å². The molecule has 1 N–H and O–H groups in total. The van der Waals surface area contributed by atoms with Crippen LogP contribution in [-0.4, -0.2) is 42.1 Å². The number of nitrogens with one attached hydrogen (secondary N) is 1. The van der Waals surface area contributed by atoms with Gasteiger partial charge in [-0.05, 0) is 25.5 Å². The summed E-state index contributed by atoms with van der Waals surface area (Å²) in [6.07, 6.45) is 1.42. The molecule has 7 nitrogen and oxygen atoms in total. The smallest absolute Gasteiger partial charge is 0.250 e. The predicted molar refractivity (Wildman–Crippen MR) is 112 cm³/mol. The van der Waals surface area contributed by atoms with E-state index >= 15 is 0 Å². The van der Waals surface area contributed by atoms with Crippen LogP contribution < -0.4 is 9.62 Å². The van der Waals surface area contributed by atoms with Gasteiger partial charge in [-0.15, -0.1) is 10.2 Å². The monoisotopic (exact) mass is 428 g/mol. The van der Waals surface area contributed by atoms with Gasteiger partial charge in [0.2, 0.25) is 21.1 Å². The highest BCUT2D eigenvalue weighted by molar-refractivity contribution is 8.01. The van der Waals surface area contributed by atoms with E-state index in [-0.39, 0.29) is 0 Å². The van der Waals surface area contributed by atoms with Crippen LogP contribution in [0.25, 0.3) is 0 Å². The summed E-state index contributed by atoms with van der Waals surface area (Å²) in [5.74, 6) is -0.430. The molecule has 2 aromatic rings. The van der Waals surface area contributed by atoms with Gasteiger partial charge >= 0.3 is 0 Å². The van der Waals surface area contributed by atoms with E-state index < -0.39 is 22.0 Å². The van der Waals surface area contributed by atoms with Gasteiger partial charge in [-0.2, -0.15) is 0 Å². The Kier molecular flexibility index (Phi) is 7.24. The summed E-state index contributed by atoms with van der Waals surface area (Å²) in [5.41, 5.74) is 1.46. The molecule has 1 aromatic carbocycles. The van der Waals surface area contributed by atoms with E-state index in [1.807, 2.05) is 32.9 Å². The lowest BCUT2D eigenvalue weighted by atomic mass is 10.1. The van der Waals surface area contributed by atoms with Gasteiger partial charge in [0.25, 0.3) is 0 Å². The fourth-order valence-corrected chi connectivity index (χ4v) is 5.64. The molecule has 148 valence electrons. The van der Waals surface area contributed by atoms with E-state index in [1.54, 1.807) is 30.8 Å². The lowest BCUT2D eigenvalue weighted by Gasteiger charge is -2.29. The van der Waals surface area contributed by atoms with Gasteiger partial charge in [-0.1, -0.05) is 61.6 Å². The van der Waals surface area contributed by atoms with Gasteiger partial charge in [0.1, 0.15) is 6.04 Å². The van der Waals surface area contributed by atoms with Crippen LogP contribution in [0, 0.1) is 6.92 Å². The summed E-state index contributed by atoms with van der Waals surface area (Å²) >= 11 is 2.83. The number of anilines is 2. The Morgan fingerprint density at radius 1 is 1.26 bits per heavy atom. The average molecular weight is 429 g/mol. The van der Waals surface area contributed by atoms with Crippen LogP contribution >= 0.6 is 23.1 Å². The van der Waals surface area contributed by atoms with Crippen molar-refractivity contribution in [2.75, 3.05) is 15.9 Å². The van der Waals surface area contributed by atoms with Crippen molar-refractivity contribution in [1.29, 1.82) is 0 Å². The minimum atomic E-state index is -3.65. The van der Waals surface area contributed by atoms with Crippen molar-refractivity contribution in [3.8, 4) is 0 Å². The molecule has 0 saturated carbocycles. The van der Waals surface area contributed by atoms with Gasteiger partial charge in [0.05, 0.1) is 11.9 Å². The molecule has 1 heterocycles. The van der Waals surface area contributed by atoms with E-state index in [4.69, 9.17) is 0 Å². The standard InChI is InChI=1S/C17H24N4O3S3/c1-6-14(15(22)18-16-19-20-17(26-16)25-11(2)3)21(27(5,23)24)13-9-7-12(4)8-10-13/h7-11,14H,6H2,1-5H3,(H,18,19,22)/t14-/m1/s1. The van der Waals surface area contributed by atoms with Crippen LogP contribution in [0.15, 0.2) is 28.6 Å². The molecule has 0 aliphatic heterocycles. The molecular weight excluding hydrogens is 404 g/mol. The largest absolute Gasteiger partial charge is 0.299 e. The highest BCUT2D eigenvalue weighted by Gasteiger charge is 2.32. The van der Waals surface area contributed by atoms with E-state index in [9.17, 15) is 13.2 Å². The summed E-state index contributed by atoms with van der Waals surface area (Å²) in [6.45, 7) is 7.78. The number of benzene rings is 1. The molecule has 1 atom stereocenters. The highest BCUT2D eigenvalue weighted by Crippen LogP contribution is 2.29. The van der Waals surface area contributed by atoms with E-state index in [2.05, 4.69) is 15.5 Å². The Balaban J connectivity index is 2.26. The number of carbonyl (C=O) groups excluding carboxylic acids is 1. The molecule has 0 aliphatic carbocycles. The van der Waals surface area contributed by atoms with Crippen molar-refractivity contribution in [2.24, 2.45) is 0 Å². The summed E-state index contributed by atoms with van der Waals surface area (Å²) in [4.78, 5) is 12.8. The van der Waals surface area contributed by atoms with E-state index in [0.29, 0.717) is 22.5 Å². The molecule has 0 radical (unpaired) electrons. The molecular formula is C17H24N4O3S3. The number of thioether (sulfide) groups is 1. The number of aryl methyl sites for hydroxylation is 1. The van der Waals surface area contributed by atoms with Gasteiger partial charge in [0.15, 0.2) is 4.34 Å². The van der Waals surface area contributed by atoms with Crippen LogP contribution in [0.3, 0.4) is 0 Å². The summed E-state index contributed by atoms with van der Waals surface area (Å²) in [6, 6.07) is 6.16. The molecule has 0 bridgehead atoms. The van der Waals surface area contributed by atoms with E-state index in [0.717, 1.165) is 20.5 Å². The molecule has 0 aliphatic rings. The molecule has 2 rings (SSSR count). The first-order valence-electron chi connectivity index (χ1n) is 8.49. The number of aromatic nitrogens is 2. The molecule has 10 heteroatoms. The van der Waals surface area contributed by atoms with Gasteiger partial charge in [-0.3, -0.25) is 14.4 Å². The Hall–Kier alpha value is -1.65. The second-order valence-corrected chi connectivity index (χ2v) is 11.0. The summed E-state index contributed by atoms with van der Waals surface area (Å²) in [7, 11) is -3.65. The number of amides is 1. The minimum Gasteiger partial charge on any atom is -0.299 e. The second-order valence-electron chi connectivity index (χ2n) is 6.35. The van der Waals surface area contributed by atoms with Crippen molar-refractivity contribution in [2.45, 2.75) is 49.7 Å². The lowest BCUT2D eigenvalue weighted by Crippen LogP contribution is -2.47. The quantitative estimate of drug-likeness (QED) is 0.511. The predicted octanol–water partition coefficient (Wildman–Crippen LogP) is 3.53. The number of carbonyl (C=O) groups is 1. The Morgan fingerprint density at radius 2 is 1.89 bits per heavy atom. The second kappa shape index (κ2) is 9.03. The van der Waals surface area contributed by atoms with Crippen molar-refractivity contribution in [1.82, 2.24) is 10.2 Å². The van der Waals surface area contributed by atoms with Crippen LogP contribution in [0.5, 0.6) is 0 Å². The molecule has 27 heavy (non-hydrogen) atoms. The number of hydrogen-bond donors (Lipinski definition) is 1. The minimum absolute atomic E-state index is 0.319. The van der Waals surface area contributed by atoms with Gasteiger partial charge in [0, 0.05) is 5.25 Å². The first-order valence-corrected chi connectivity index (χ1v) is 12.0.